The summed E-state index contributed by atoms with van der Waals surface area (Å²) in [7, 11) is 0. The Labute approximate surface area is 204 Å². The van der Waals surface area contributed by atoms with Crippen LogP contribution >= 0.6 is 0 Å². The highest BCUT2D eigenvalue weighted by Crippen LogP contribution is 2.08. The van der Waals surface area contributed by atoms with Gasteiger partial charge in [-0.15, -0.1) is 0 Å². The molecule has 0 radical (unpaired) electrons. The Bertz CT molecular complexity index is 613. The molecule has 2 bridgehead atoms. The number of fused-ring (bicyclic) bond motifs is 6. The van der Waals surface area contributed by atoms with Crippen molar-refractivity contribution in [2.24, 2.45) is 17.6 Å². The minimum Gasteiger partial charge on any atom is -0.481 e. The lowest BCUT2D eigenvalue weighted by atomic mass is 9.96. The third-order valence-corrected chi connectivity index (χ3v) is 6.43. The lowest BCUT2D eigenvalue weighted by molar-refractivity contribution is -0.137. The highest BCUT2D eigenvalue weighted by Gasteiger charge is 2.33. The van der Waals surface area contributed by atoms with E-state index >= 15 is 0 Å². The zero-order valence-corrected chi connectivity index (χ0v) is 21.3. The van der Waals surface area contributed by atoms with Crippen LogP contribution in [0.25, 0.3) is 0 Å². The van der Waals surface area contributed by atoms with Crippen LogP contribution in [0.3, 0.4) is 0 Å². The van der Waals surface area contributed by atoms with E-state index in [1.54, 1.807) is 0 Å². The highest BCUT2D eigenvalue weighted by molar-refractivity contribution is 5.77. The van der Waals surface area contributed by atoms with Crippen molar-refractivity contribution in [2.45, 2.75) is 57.3 Å². The van der Waals surface area contributed by atoms with Gasteiger partial charge in [0.2, 0.25) is 5.91 Å². The van der Waals surface area contributed by atoms with Crippen molar-refractivity contribution < 1.29 is 14.7 Å². The minimum atomic E-state index is -0.880. The van der Waals surface area contributed by atoms with Gasteiger partial charge < -0.3 is 42.7 Å². The summed E-state index contributed by atoms with van der Waals surface area (Å²) in [6.45, 7) is 13.6. The Balaban J connectivity index is 2.23. The van der Waals surface area contributed by atoms with Crippen LogP contribution in [0.2, 0.25) is 0 Å². The average Bonchev–Trinajstić information content (AvgIpc) is 2.72. The van der Waals surface area contributed by atoms with Gasteiger partial charge in [-0.2, -0.15) is 0 Å². The molecule has 2 fully saturated rings. The molecule has 11 nitrogen and oxygen atoms in total. The fraction of sp³-hybridized carbons (Fsp3) is 0.913. The molecule has 34 heavy (non-hydrogen) atoms. The van der Waals surface area contributed by atoms with E-state index < -0.39 is 17.2 Å². The van der Waals surface area contributed by atoms with E-state index in [-0.39, 0.29) is 24.8 Å². The van der Waals surface area contributed by atoms with Gasteiger partial charge in [-0.05, 0) is 51.4 Å². The zero-order chi connectivity index (χ0) is 25.0. The topological polar surface area (TPSA) is 165 Å². The van der Waals surface area contributed by atoms with Crippen molar-refractivity contribution in [2.75, 3.05) is 65.4 Å². The van der Waals surface area contributed by atoms with Gasteiger partial charge in [0.25, 0.3) is 0 Å². The molecule has 1 amide bonds. The quantitative estimate of drug-likeness (QED) is 0.213. The van der Waals surface area contributed by atoms with E-state index in [9.17, 15) is 9.59 Å². The molecule has 0 aromatic rings. The molecule has 2 saturated heterocycles. The van der Waals surface area contributed by atoms with Crippen LogP contribution < -0.4 is 43.0 Å². The number of carbonyl (C=O) groups is 2. The van der Waals surface area contributed by atoms with Gasteiger partial charge >= 0.3 is 5.97 Å². The van der Waals surface area contributed by atoms with E-state index in [4.69, 9.17) is 10.8 Å². The summed E-state index contributed by atoms with van der Waals surface area (Å²) < 4.78 is 0. The van der Waals surface area contributed by atoms with Gasteiger partial charge in [0.1, 0.15) is 0 Å². The lowest BCUT2D eigenvalue weighted by Gasteiger charge is -2.39. The molecule has 2 aliphatic rings. The molecule has 0 spiro atoms. The number of hydrogen-bond acceptors (Lipinski definition) is 9. The van der Waals surface area contributed by atoms with E-state index in [2.05, 4.69) is 58.0 Å². The summed E-state index contributed by atoms with van der Waals surface area (Å²) in [4.78, 5) is 23.7. The molecule has 198 valence electrons. The number of carboxylic acid groups (broad SMARTS) is 1. The van der Waals surface area contributed by atoms with Crippen molar-refractivity contribution in [3.8, 4) is 0 Å². The molecule has 2 aliphatic heterocycles. The molecule has 2 unspecified atom stereocenters. The Morgan fingerprint density at radius 2 is 1.29 bits per heavy atom. The van der Waals surface area contributed by atoms with Crippen molar-refractivity contribution in [1.82, 2.24) is 37.2 Å². The largest absolute Gasteiger partial charge is 0.481 e. The smallest absolute Gasteiger partial charge is 0.303 e. The predicted octanol–water partition coefficient (Wildman–Crippen LogP) is -2.02. The molecular formula is C23H48N8O3. The van der Waals surface area contributed by atoms with Crippen molar-refractivity contribution in [1.29, 1.82) is 0 Å². The first kappa shape index (κ1) is 28.9. The fourth-order valence-electron chi connectivity index (χ4n) is 4.66. The molecule has 11 heteroatoms. The van der Waals surface area contributed by atoms with Crippen LogP contribution in [-0.4, -0.2) is 99.7 Å². The SMILES string of the molecule is CC1CNC[C@]2(N)CNCC(C)CNC[C@](NC(=O)CCCC(=O)O)(CNC1)CNC[C@@H](C)N2. The molecule has 2 heterocycles. The first-order valence-electron chi connectivity index (χ1n) is 12.7. The van der Waals surface area contributed by atoms with Gasteiger partial charge in [0.15, 0.2) is 0 Å². The number of hydrogen-bond donors (Lipinski definition) is 9. The first-order valence-corrected chi connectivity index (χ1v) is 12.7. The number of nitrogens with two attached hydrogens (primary N) is 1. The van der Waals surface area contributed by atoms with Crippen molar-refractivity contribution >= 4 is 11.9 Å². The highest BCUT2D eigenvalue weighted by atomic mass is 16.4. The van der Waals surface area contributed by atoms with Gasteiger partial charge in [-0.25, -0.2) is 0 Å². The molecular weight excluding hydrogens is 436 g/mol. The summed E-state index contributed by atoms with van der Waals surface area (Å²) in [5, 5.41) is 33.5. The molecule has 2 rings (SSSR count). The molecule has 0 saturated carbocycles. The monoisotopic (exact) mass is 484 g/mol. The second kappa shape index (κ2) is 14.3. The summed E-state index contributed by atoms with van der Waals surface area (Å²) in [5.41, 5.74) is 5.65. The Morgan fingerprint density at radius 3 is 1.79 bits per heavy atom. The average molecular weight is 485 g/mol. The number of carboxylic acids is 1. The molecule has 0 aromatic carbocycles. The number of aliphatic carboxylic acids is 1. The molecule has 10 N–H and O–H groups in total. The lowest BCUT2D eigenvalue weighted by Crippen LogP contribution is -2.70. The fourth-order valence-corrected chi connectivity index (χ4v) is 4.66. The normalized spacial score (nSPS) is 35.0. The number of nitrogens with one attached hydrogen (secondary N) is 7. The van der Waals surface area contributed by atoms with Crippen LogP contribution in [0.15, 0.2) is 0 Å². The Kier molecular flexibility index (Phi) is 12.1. The maximum atomic E-state index is 12.8. The van der Waals surface area contributed by atoms with E-state index in [0.717, 1.165) is 26.2 Å². The Morgan fingerprint density at radius 1 is 0.824 bits per heavy atom. The minimum absolute atomic E-state index is 0.00573. The summed E-state index contributed by atoms with van der Waals surface area (Å²) in [5.74, 6) is -0.231. The second-order valence-corrected chi connectivity index (χ2v) is 10.6. The summed E-state index contributed by atoms with van der Waals surface area (Å²) in [6, 6.07) is 0.124. The third-order valence-electron chi connectivity index (χ3n) is 6.43. The number of rotatable bonds is 5. The van der Waals surface area contributed by atoms with Crippen LogP contribution in [0, 0.1) is 11.8 Å². The third kappa shape index (κ3) is 10.9. The number of amides is 1. The van der Waals surface area contributed by atoms with E-state index in [0.29, 0.717) is 57.5 Å². The summed E-state index contributed by atoms with van der Waals surface area (Å²) in [6.07, 6.45) is 0.521. The predicted molar refractivity (Wildman–Crippen MR) is 135 cm³/mol. The van der Waals surface area contributed by atoms with Crippen molar-refractivity contribution in [3.63, 3.8) is 0 Å². The first-order chi connectivity index (χ1) is 16.1. The van der Waals surface area contributed by atoms with Crippen molar-refractivity contribution in [3.05, 3.63) is 0 Å². The zero-order valence-electron chi connectivity index (χ0n) is 21.3. The van der Waals surface area contributed by atoms with Gasteiger partial charge in [0.05, 0.1) is 11.2 Å². The molecule has 0 aliphatic carbocycles. The van der Waals surface area contributed by atoms with Crippen LogP contribution in [0.1, 0.15) is 40.0 Å². The van der Waals surface area contributed by atoms with Gasteiger partial charge in [-0.3, -0.25) is 14.9 Å². The molecule has 3 atom stereocenters. The van der Waals surface area contributed by atoms with Gasteiger partial charge in [-0.1, -0.05) is 13.8 Å². The second-order valence-electron chi connectivity index (χ2n) is 10.6. The maximum Gasteiger partial charge on any atom is 0.303 e. The van der Waals surface area contributed by atoms with Gasteiger partial charge in [0, 0.05) is 58.2 Å². The Hall–Kier alpha value is -1.34. The summed E-state index contributed by atoms with van der Waals surface area (Å²) >= 11 is 0. The molecule has 0 aromatic heterocycles. The van der Waals surface area contributed by atoms with Crippen LogP contribution in [0.4, 0.5) is 0 Å². The standard InChI is InChI=1S/C23H48N8O3/c1-17-7-25-12-22(31-20(32)5-4-6-21(33)34)13-26-8-18(2)10-28-16-23(24,15-27-9-17)30-19(3)11-29-14-22/h17-19,25-30H,4-16,24H2,1-3H3,(H,31,32)(H,33,34)/t17?,18?,19-,22-,23-/m1/s1. The van der Waals surface area contributed by atoms with Crippen LogP contribution in [0.5, 0.6) is 0 Å². The number of carbonyl (C=O) groups excluding carboxylic acids is 1. The van der Waals surface area contributed by atoms with E-state index in [1.807, 2.05) is 0 Å². The maximum absolute atomic E-state index is 12.8. The van der Waals surface area contributed by atoms with Crippen LogP contribution in [-0.2, 0) is 9.59 Å². The van der Waals surface area contributed by atoms with E-state index in [1.165, 1.54) is 0 Å².